The summed E-state index contributed by atoms with van der Waals surface area (Å²) < 4.78 is 43.2. The third kappa shape index (κ3) is 2.91. The minimum absolute atomic E-state index is 0.152. The van der Waals surface area contributed by atoms with Gasteiger partial charge in [0.25, 0.3) is 5.91 Å². The number of primary amides is 1. The molecule has 4 aliphatic rings. The number of alkyl halides is 3. The van der Waals surface area contributed by atoms with Gasteiger partial charge in [0.2, 0.25) is 0 Å². The highest BCUT2D eigenvalue weighted by atomic mass is 19.4. The van der Waals surface area contributed by atoms with Crippen molar-refractivity contribution in [2.75, 3.05) is 0 Å². The predicted octanol–water partition coefficient (Wildman–Crippen LogP) is 4.40. The molecule has 30 heavy (non-hydrogen) atoms. The van der Waals surface area contributed by atoms with Crippen LogP contribution >= 0.6 is 0 Å². The van der Waals surface area contributed by atoms with Crippen molar-refractivity contribution in [1.82, 2.24) is 9.78 Å². The Hall–Kier alpha value is -2.82. The number of aromatic nitrogens is 2. The molecule has 1 aromatic heterocycles. The van der Waals surface area contributed by atoms with Gasteiger partial charge in [-0.3, -0.25) is 4.79 Å². The van der Waals surface area contributed by atoms with E-state index in [1.54, 1.807) is 0 Å². The van der Waals surface area contributed by atoms with Crippen LogP contribution in [0.2, 0.25) is 0 Å². The van der Waals surface area contributed by atoms with Gasteiger partial charge in [-0.15, -0.1) is 0 Å². The molecule has 5 nitrogen and oxygen atoms in total. The van der Waals surface area contributed by atoms with E-state index < -0.39 is 23.3 Å². The smallest absolute Gasteiger partial charge is 0.365 e. The Balaban J connectivity index is 1.69. The molecule has 0 atom stereocenters. The van der Waals surface area contributed by atoms with E-state index in [1.807, 2.05) is 6.07 Å². The van der Waals surface area contributed by atoms with Gasteiger partial charge in [-0.05, 0) is 80.0 Å². The molecule has 0 radical (unpaired) electrons. The van der Waals surface area contributed by atoms with Gasteiger partial charge >= 0.3 is 6.18 Å². The molecule has 0 spiro atoms. The van der Waals surface area contributed by atoms with Crippen molar-refractivity contribution in [2.45, 2.75) is 44.2 Å². The Labute approximate surface area is 171 Å². The average Bonchev–Trinajstić information content (AvgIpc) is 3.08. The summed E-state index contributed by atoms with van der Waals surface area (Å²) in [4.78, 5) is 12.3. The van der Waals surface area contributed by atoms with Gasteiger partial charge < -0.3 is 5.73 Å². The van der Waals surface area contributed by atoms with Crippen LogP contribution < -0.4 is 5.73 Å². The summed E-state index contributed by atoms with van der Waals surface area (Å²) in [7, 11) is 0. The maximum absolute atomic E-state index is 14.1. The van der Waals surface area contributed by atoms with Crippen LogP contribution in [0, 0.1) is 35.0 Å². The monoisotopic (exact) mass is 414 g/mol. The molecule has 1 amide bonds. The highest BCUT2D eigenvalue weighted by Gasteiger charge is 2.52. The van der Waals surface area contributed by atoms with E-state index in [4.69, 9.17) is 11.0 Å². The van der Waals surface area contributed by atoms with Crippen molar-refractivity contribution in [2.24, 2.45) is 29.4 Å². The molecule has 4 saturated carbocycles. The van der Waals surface area contributed by atoms with E-state index in [9.17, 15) is 18.0 Å². The van der Waals surface area contributed by atoms with Crippen LogP contribution in [0.15, 0.2) is 24.3 Å². The summed E-state index contributed by atoms with van der Waals surface area (Å²) >= 11 is 0. The largest absolute Gasteiger partial charge is 0.434 e. The summed E-state index contributed by atoms with van der Waals surface area (Å²) in [5.74, 6) is 0.536. The lowest BCUT2D eigenvalue weighted by Crippen LogP contribution is -2.44. The van der Waals surface area contributed by atoms with E-state index in [2.05, 4.69) is 5.10 Å². The number of nitriles is 1. The van der Waals surface area contributed by atoms with Crippen LogP contribution in [0.1, 0.15) is 65.3 Å². The number of nitrogens with zero attached hydrogens (tertiary/aromatic N) is 3. The molecule has 1 aromatic carbocycles. The van der Waals surface area contributed by atoms with Crippen LogP contribution in [-0.4, -0.2) is 15.7 Å². The fourth-order valence-corrected chi connectivity index (χ4v) is 6.41. The first-order valence-electron chi connectivity index (χ1n) is 10.3. The van der Waals surface area contributed by atoms with Gasteiger partial charge in [0.05, 0.1) is 28.6 Å². The van der Waals surface area contributed by atoms with Gasteiger partial charge in [0.1, 0.15) is 0 Å². The zero-order valence-electron chi connectivity index (χ0n) is 16.2. The first-order chi connectivity index (χ1) is 14.3. The van der Waals surface area contributed by atoms with Crippen LogP contribution in [0.25, 0.3) is 5.69 Å². The zero-order chi connectivity index (χ0) is 21.2. The van der Waals surface area contributed by atoms with E-state index in [0.29, 0.717) is 17.4 Å². The molecule has 0 aliphatic heterocycles. The Kier molecular flexibility index (Phi) is 4.21. The molecule has 0 saturated heterocycles. The van der Waals surface area contributed by atoms with Gasteiger partial charge in [0.15, 0.2) is 5.69 Å². The molecule has 6 rings (SSSR count). The minimum Gasteiger partial charge on any atom is -0.365 e. The van der Waals surface area contributed by atoms with Crippen molar-refractivity contribution in [3.05, 3.63) is 46.8 Å². The van der Waals surface area contributed by atoms with Gasteiger partial charge in [-0.2, -0.15) is 23.5 Å². The van der Waals surface area contributed by atoms with E-state index in [0.717, 1.165) is 30.4 Å². The van der Waals surface area contributed by atoms with E-state index >= 15 is 0 Å². The van der Waals surface area contributed by atoms with Gasteiger partial charge in [-0.25, -0.2) is 4.68 Å². The number of carbonyl (C=O) groups is 1. The zero-order valence-corrected chi connectivity index (χ0v) is 16.2. The van der Waals surface area contributed by atoms with Crippen LogP contribution in [-0.2, 0) is 6.18 Å². The lowest BCUT2D eigenvalue weighted by molar-refractivity contribution is -0.143. The van der Waals surface area contributed by atoms with Crippen molar-refractivity contribution in [3.63, 3.8) is 0 Å². The normalized spacial score (nSPS) is 29.7. The maximum atomic E-state index is 14.1. The van der Waals surface area contributed by atoms with Crippen LogP contribution in [0.4, 0.5) is 13.2 Å². The standard InChI is InChI=1S/C22H21F3N4O/c23-22(24,25)20-18(21(27)30)19(28-29(20)16-3-1-11(10-26)2-4-16)17-14-6-12-5-13(8-14)9-15(17)7-12/h1-4,12-15,17H,5-9H2,(H2,27,30). The summed E-state index contributed by atoms with van der Waals surface area (Å²) in [5.41, 5.74) is 4.57. The highest BCUT2D eigenvalue weighted by molar-refractivity contribution is 5.96. The van der Waals surface area contributed by atoms with Crippen molar-refractivity contribution >= 4 is 5.91 Å². The number of nitrogens with two attached hydrogens (primary N) is 1. The van der Waals surface area contributed by atoms with Crippen molar-refractivity contribution in [3.8, 4) is 11.8 Å². The molecule has 1 heterocycles. The Morgan fingerprint density at radius 3 is 2.10 bits per heavy atom. The second-order valence-electron chi connectivity index (χ2n) is 9.00. The number of benzene rings is 1. The third-order valence-corrected chi connectivity index (χ3v) is 7.21. The predicted molar refractivity (Wildman–Crippen MR) is 102 cm³/mol. The highest BCUT2D eigenvalue weighted by Crippen LogP contribution is 2.60. The van der Waals surface area contributed by atoms with Crippen molar-refractivity contribution in [1.29, 1.82) is 5.26 Å². The van der Waals surface area contributed by atoms with Gasteiger partial charge in [-0.1, -0.05) is 0 Å². The molecular formula is C22H21F3N4O. The quantitative estimate of drug-likeness (QED) is 0.808. The average molecular weight is 414 g/mol. The minimum atomic E-state index is -4.80. The second kappa shape index (κ2) is 6.59. The van der Waals surface area contributed by atoms with E-state index in [1.165, 1.54) is 30.7 Å². The summed E-state index contributed by atoms with van der Waals surface area (Å²) in [6.45, 7) is 0. The first kappa shape index (κ1) is 19.2. The van der Waals surface area contributed by atoms with E-state index in [-0.39, 0.29) is 29.1 Å². The molecule has 4 bridgehead atoms. The lowest BCUT2D eigenvalue weighted by atomic mass is 9.51. The third-order valence-electron chi connectivity index (χ3n) is 7.21. The molecule has 0 unspecified atom stereocenters. The topological polar surface area (TPSA) is 84.7 Å². The number of amides is 1. The summed E-state index contributed by atoms with van der Waals surface area (Å²) in [5, 5.41) is 13.4. The molecule has 156 valence electrons. The number of rotatable bonds is 3. The van der Waals surface area contributed by atoms with Crippen LogP contribution in [0.5, 0.6) is 0 Å². The molecular weight excluding hydrogens is 393 g/mol. The second-order valence-corrected chi connectivity index (χ2v) is 9.00. The Morgan fingerprint density at radius 2 is 1.63 bits per heavy atom. The Morgan fingerprint density at radius 1 is 1.07 bits per heavy atom. The number of hydrogen-bond acceptors (Lipinski definition) is 3. The van der Waals surface area contributed by atoms with Crippen molar-refractivity contribution < 1.29 is 18.0 Å². The molecule has 8 heteroatoms. The number of carbonyl (C=O) groups excluding carboxylic acids is 1. The Bertz CT molecular complexity index is 1020. The number of hydrogen-bond donors (Lipinski definition) is 1. The fourth-order valence-electron chi connectivity index (χ4n) is 6.41. The van der Waals surface area contributed by atoms with Gasteiger partial charge in [0, 0.05) is 5.92 Å². The lowest BCUT2D eigenvalue weighted by Gasteiger charge is -2.54. The number of halogens is 3. The fraction of sp³-hybridized carbons (Fsp3) is 0.500. The first-order valence-corrected chi connectivity index (χ1v) is 10.3. The molecule has 4 fully saturated rings. The summed E-state index contributed by atoms with van der Waals surface area (Å²) in [6, 6.07) is 7.63. The maximum Gasteiger partial charge on any atom is 0.434 e. The molecule has 2 N–H and O–H groups in total. The van der Waals surface area contributed by atoms with Crippen LogP contribution in [0.3, 0.4) is 0 Å². The molecule has 4 aliphatic carbocycles. The summed E-state index contributed by atoms with van der Waals surface area (Å²) in [6.07, 6.45) is 0.370. The SMILES string of the molecule is N#Cc1ccc(-n2nc(C3C4CC5CC(C4)CC3C5)c(C(N)=O)c2C(F)(F)F)cc1. The molecule has 2 aromatic rings.